The quantitative estimate of drug-likeness (QED) is 0.578. The van der Waals surface area contributed by atoms with E-state index >= 15 is 0 Å². The third-order valence-corrected chi connectivity index (χ3v) is 4.26. The van der Waals surface area contributed by atoms with Gasteiger partial charge >= 0.3 is 10.2 Å². The minimum atomic E-state index is -9.60. The summed E-state index contributed by atoms with van der Waals surface area (Å²) >= 11 is 0. The predicted molar refractivity (Wildman–Crippen MR) is 57.4 cm³/mol. The molecule has 0 saturated carbocycles. The van der Waals surface area contributed by atoms with E-state index in [1.165, 1.54) is 12.4 Å². The summed E-state index contributed by atoms with van der Waals surface area (Å²) < 4.78 is 65.2. The van der Waals surface area contributed by atoms with E-state index in [1.54, 1.807) is 0 Å². The molecule has 0 spiro atoms. The molecule has 9 heteroatoms. The van der Waals surface area contributed by atoms with Gasteiger partial charge in [0.1, 0.15) is 4.90 Å². The lowest BCUT2D eigenvalue weighted by Crippen LogP contribution is -2.05. The van der Waals surface area contributed by atoms with Crippen LogP contribution in [0.3, 0.4) is 0 Å². The highest BCUT2D eigenvalue weighted by molar-refractivity contribution is 8.45. The Bertz CT molecular complexity index is 511. The molecule has 1 atom stereocenters. The van der Waals surface area contributed by atoms with Gasteiger partial charge in [-0.15, -0.1) is 4.36 Å². The summed E-state index contributed by atoms with van der Waals surface area (Å²) in [5.74, 6) is 0. The summed E-state index contributed by atoms with van der Waals surface area (Å²) in [5, 5.41) is 8.26. The molecule has 0 N–H and O–H groups in total. The van der Waals surface area contributed by atoms with E-state index in [2.05, 4.69) is 4.36 Å². The molecular formula is C8H7F5N2S2. The molecule has 0 saturated heterocycles. The predicted octanol–water partition coefficient (Wildman–Crippen LogP) is 4.62. The Morgan fingerprint density at radius 3 is 1.94 bits per heavy atom. The molecule has 2 nitrogen and oxygen atoms in total. The molecule has 0 aliphatic carbocycles. The molecule has 0 fully saturated rings. The van der Waals surface area contributed by atoms with Gasteiger partial charge in [-0.2, -0.15) is 5.26 Å². The van der Waals surface area contributed by atoms with Crippen LogP contribution >= 0.6 is 10.2 Å². The Balaban J connectivity index is 3.25. The zero-order valence-corrected chi connectivity index (χ0v) is 10.0. The van der Waals surface area contributed by atoms with E-state index in [1.807, 2.05) is 0 Å². The second kappa shape index (κ2) is 3.43. The van der Waals surface area contributed by atoms with Gasteiger partial charge in [-0.05, 0) is 30.5 Å². The zero-order chi connectivity index (χ0) is 13.4. The van der Waals surface area contributed by atoms with Crippen molar-refractivity contribution in [2.45, 2.75) is 9.79 Å². The first kappa shape index (κ1) is 13.9. The van der Waals surface area contributed by atoms with Crippen molar-refractivity contribution in [3.63, 3.8) is 0 Å². The number of hydrogen-bond acceptors (Lipinski definition) is 2. The van der Waals surface area contributed by atoms with Gasteiger partial charge in [0, 0.05) is 4.90 Å². The normalized spacial score (nSPS) is 17.9. The lowest BCUT2D eigenvalue weighted by atomic mass is 10.4. The van der Waals surface area contributed by atoms with Gasteiger partial charge in [0.25, 0.3) is 0 Å². The lowest BCUT2D eigenvalue weighted by molar-refractivity contribution is 0.364. The van der Waals surface area contributed by atoms with Gasteiger partial charge in [0.2, 0.25) is 6.19 Å². The maximum absolute atomic E-state index is 12.4. The van der Waals surface area contributed by atoms with Crippen LogP contribution in [0.15, 0.2) is 38.4 Å². The Labute approximate surface area is 96.9 Å². The molecule has 0 aliphatic heterocycles. The second-order valence-corrected chi connectivity index (χ2v) is 7.13. The fourth-order valence-corrected chi connectivity index (χ4v) is 2.42. The van der Waals surface area contributed by atoms with Crippen LogP contribution in [-0.2, 0) is 10.7 Å². The molecule has 1 aromatic carbocycles. The van der Waals surface area contributed by atoms with Crippen LogP contribution in [0, 0.1) is 11.5 Å². The van der Waals surface area contributed by atoms with E-state index < -0.39 is 25.8 Å². The topological polar surface area (TPSA) is 36.1 Å². The second-order valence-electron chi connectivity index (χ2n) is 3.11. The summed E-state index contributed by atoms with van der Waals surface area (Å²) in [6.07, 6.45) is 3.00. The van der Waals surface area contributed by atoms with Gasteiger partial charge in [-0.3, -0.25) is 0 Å². The fraction of sp³-hybridized carbons (Fsp3) is 0.125. The van der Waals surface area contributed by atoms with E-state index in [-0.39, 0.29) is 4.90 Å². The highest BCUT2D eigenvalue weighted by atomic mass is 32.5. The van der Waals surface area contributed by atoms with Crippen molar-refractivity contribution in [2.24, 2.45) is 4.36 Å². The van der Waals surface area contributed by atoms with Crippen LogP contribution in [0.2, 0.25) is 0 Å². The van der Waals surface area contributed by atoms with Crippen molar-refractivity contribution >= 4 is 20.9 Å². The lowest BCUT2D eigenvalue weighted by Gasteiger charge is -2.40. The average Bonchev–Trinajstić information content (AvgIpc) is 2.15. The molecular weight excluding hydrogens is 283 g/mol. The minimum absolute atomic E-state index is 0.289. The SMILES string of the molecule is CS(=NC#N)c1ccc(S(F)(F)(F)(F)F)cc1. The third-order valence-electron chi connectivity index (χ3n) is 1.79. The monoisotopic (exact) mass is 290 g/mol. The Morgan fingerprint density at radius 2 is 1.59 bits per heavy atom. The summed E-state index contributed by atoms with van der Waals surface area (Å²) in [5.41, 5.74) is 0. The zero-order valence-electron chi connectivity index (χ0n) is 8.41. The molecule has 0 amide bonds. The molecule has 0 heterocycles. The van der Waals surface area contributed by atoms with E-state index in [9.17, 15) is 19.4 Å². The van der Waals surface area contributed by atoms with Crippen LogP contribution in [0.1, 0.15) is 0 Å². The number of rotatable bonds is 2. The van der Waals surface area contributed by atoms with Crippen LogP contribution in [0.25, 0.3) is 0 Å². The maximum Gasteiger partial charge on any atom is 0.310 e. The highest BCUT2D eigenvalue weighted by Gasteiger charge is 2.65. The molecule has 0 bridgehead atoms. The van der Waals surface area contributed by atoms with Gasteiger partial charge in [0.05, 0.1) is 0 Å². The number of halogens is 5. The largest absolute Gasteiger partial charge is 0.310 e. The van der Waals surface area contributed by atoms with Gasteiger partial charge in [0.15, 0.2) is 0 Å². The van der Waals surface area contributed by atoms with Crippen molar-refractivity contribution in [3.05, 3.63) is 24.3 Å². The maximum atomic E-state index is 12.4. The molecule has 1 rings (SSSR count). The first-order chi connectivity index (χ1) is 7.44. The van der Waals surface area contributed by atoms with Crippen molar-refractivity contribution < 1.29 is 19.4 Å². The van der Waals surface area contributed by atoms with Crippen LogP contribution in [0.5, 0.6) is 0 Å². The Hall–Kier alpha value is -1.14. The fourth-order valence-electron chi connectivity index (χ4n) is 1.01. The Morgan fingerprint density at radius 1 is 1.12 bits per heavy atom. The first-order valence-corrected chi connectivity index (χ1v) is 7.58. The molecule has 0 aliphatic rings. The van der Waals surface area contributed by atoms with Gasteiger partial charge < -0.3 is 0 Å². The number of nitriles is 1. The first-order valence-electron chi connectivity index (χ1n) is 4.04. The van der Waals surface area contributed by atoms with E-state index in [0.29, 0.717) is 12.1 Å². The smallest absolute Gasteiger partial charge is 0.170 e. The van der Waals surface area contributed by atoms with E-state index in [4.69, 9.17) is 5.26 Å². The van der Waals surface area contributed by atoms with Crippen molar-refractivity contribution in [1.29, 1.82) is 5.26 Å². The molecule has 1 aromatic rings. The Kier molecular flexibility index (Phi) is 2.81. The van der Waals surface area contributed by atoms with Crippen molar-refractivity contribution in [2.75, 3.05) is 6.26 Å². The number of nitrogens with zero attached hydrogens (tertiary/aromatic N) is 2. The summed E-state index contributed by atoms with van der Waals surface area (Å²) in [4.78, 5) is -1.65. The van der Waals surface area contributed by atoms with Gasteiger partial charge in [-0.25, -0.2) is 0 Å². The molecule has 17 heavy (non-hydrogen) atoms. The summed E-state index contributed by atoms with van der Waals surface area (Å²) in [7, 11) is -10.5. The van der Waals surface area contributed by atoms with Crippen LogP contribution in [0.4, 0.5) is 19.4 Å². The number of hydrogen-bond donors (Lipinski definition) is 0. The summed E-state index contributed by atoms with van der Waals surface area (Å²) in [6, 6.07) is 2.43. The molecule has 0 aromatic heterocycles. The summed E-state index contributed by atoms with van der Waals surface area (Å²) in [6.45, 7) is 0. The van der Waals surface area contributed by atoms with Crippen molar-refractivity contribution in [1.82, 2.24) is 0 Å². The molecule has 0 radical (unpaired) electrons. The standard InChI is InChI=1S/C8H7F5N2S2/c1-16(15-6-14)7-2-4-8(5-3-7)17(9,10,11,12)13/h2-5H,1H3. The van der Waals surface area contributed by atoms with Crippen LogP contribution < -0.4 is 0 Å². The molecule has 1 unspecified atom stereocenters. The molecule has 96 valence electrons. The highest BCUT2D eigenvalue weighted by Crippen LogP contribution is 3.02. The van der Waals surface area contributed by atoms with E-state index in [0.717, 1.165) is 12.1 Å². The minimum Gasteiger partial charge on any atom is -0.170 e. The average molecular weight is 290 g/mol. The van der Waals surface area contributed by atoms with Crippen molar-refractivity contribution in [3.8, 4) is 6.19 Å². The number of benzene rings is 1. The third kappa shape index (κ3) is 3.67. The van der Waals surface area contributed by atoms with Crippen LogP contribution in [-0.4, -0.2) is 6.26 Å². The van der Waals surface area contributed by atoms with Gasteiger partial charge in [-0.1, -0.05) is 30.1 Å².